The van der Waals surface area contributed by atoms with Crippen molar-refractivity contribution < 1.29 is 27.1 Å². The van der Waals surface area contributed by atoms with Crippen LogP contribution in [0.5, 0.6) is 5.88 Å². The molecule has 0 N–H and O–H groups in total. The van der Waals surface area contributed by atoms with E-state index in [9.17, 15) is 22.4 Å². The van der Waals surface area contributed by atoms with Crippen molar-refractivity contribution >= 4 is 5.91 Å². The van der Waals surface area contributed by atoms with E-state index in [1.165, 1.54) is 30.6 Å². The van der Waals surface area contributed by atoms with Crippen LogP contribution in [-0.2, 0) is 6.18 Å². The lowest BCUT2D eigenvalue weighted by Crippen LogP contribution is -2.47. The first-order chi connectivity index (χ1) is 15.8. The average Bonchev–Trinajstić information content (AvgIpc) is 3.39. The average molecular weight is 459 g/mol. The summed E-state index contributed by atoms with van der Waals surface area (Å²) < 4.78 is 58.6. The smallest absolute Gasteiger partial charge is 0.435 e. The summed E-state index contributed by atoms with van der Waals surface area (Å²) in [6, 6.07) is 7.42. The van der Waals surface area contributed by atoms with Crippen LogP contribution in [0.1, 0.15) is 28.9 Å². The molecule has 1 aromatic carbocycles. The minimum Gasteiger partial charge on any atom is -0.471 e. The van der Waals surface area contributed by atoms with Gasteiger partial charge in [0.25, 0.3) is 5.91 Å². The topological polar surface area (TPSA) is 81.1 Å². The van der Waals surface area contributed by atoms with Gasteiger partial charge in [0.15, 0.2) is 11.5 Å². The maximum Gasteiger partial charge on any atom is 0.435 e. The lowest BCUT2D eigenvalue weighted by atomic mass is 10.0. The number of carbonyl (C=O) groups excluding carboxylic acids is 1. The van der Waals surface area contributed by atoms with Gasteiger partial charge in [0.05, 0.1) is 17.2 Å². The molecule has 33 heavy (non-hydrogen) atoms. The number of halogens is 4. The largest absolute Gasteiger partial charge is 0.471 e. The number of aromatic nitrogens is 4. The predicted octanol–water partition coefficient (Wildman–Crippen LogP) is 3.77. The van der Waals surface area contributed by atoms with Crippen molar-refractivity contribution in [3.05, 3.63) is 65.9 Å². The number of alkyl halides is 3. The van der Waals surface area contributed by atoms with Gasteiger partial charge in [0.1, 0.15) is 11.9 Å². The highest BCUT2D eigenvalue weighted by Crippen LogP contribution is 2.41. The molecule has 0 spiro atoms. The minimum atomic E-state index is -4.59. The van der Waals surface area contributed by atoms with E-state index in [4.69, 9.17) is 4.74 Å². The van der Waals surface area contributed by atoms with E-state index in [1.54, 1.807) is 11.0 Å². The molecule has 0 radical (unpaired) electrons. The van der Waals surface area contributed by atoms with Gasteiger partial charge in [0, 0.05) is 25.0 Å². The van der Waals surface area contributed by atoms with Gasteiger partial charge in [-0.05, 0) is 43.0 Å². The SMILES string of the molecule is O=C(c1cccc(F)c1-c1ncccn1)N1CC2CC(Oc3ccc(C(F)(F)F)nn3)C1C2. The predicted molar refractivity (Wildman–Crippen MR) is 106 cm³/mol. The van der Waals surface area contributed by atoms with Gasteiger partial charge < -0.3 is 9.64 Å². The van der Waals surface area contributed by atoms with Crippen LogP contribution in [0.15, 0.2) is 48.8 Å². The Balaban J connectivity index is 1.38. The lowest BCUT2D eigenvalue weighted by molar-refractivity contribution is -0.141. The second-order valence-corrected chi connectivity index (χ2v) is 8.01. The van der Waals surface area contributed by atoms with Crippen molar-refractivity contribution in [3.63, 3.8) is 0 Å². The van der Waals surface area contributed by atoms with Gasteiger partial charge in [-0.25, -0.2) is 14.4 Å². The molecule has 170 valence electrons. The van der Waals surface area contributed by atoms with E-state index in [0.29, 0.717) is 19.4 Å². The second-order valence-electron chi connectivity index (χ2n) is 8.01. The van der Waals surface area contributed by atoms with Crippen molar-refractivity contribution in [1.29, 1.82) is 0 Å². The molecule has 2 aliphatic rings. The van der Waals surface area contributed by atoms with Crippen LogP contribution in [0.4, 0.5) is 17.6 Å². The molecule has 1 amide bonds. The van der Waals surface area contributed by atoms with Crippen LogP contribution in [-0.4, -0.2) is 49.7 Å². The number of piperidine rings is 1. The van der Waals surface area contributed by atoms with Gasteiger partial charge in [-0.2, -0.15) is 13.2 Å². The van der Waals surface area contributed by atoms with E-state index in [1.807, 2.05) is 0 Å². The monoisotopic (exact) mass is 459 g/mol. The molecule has 1 aliphatic carbocycles. The zero-order chi connectivity index (χ0) is 23.2. The number of amides is 1. The Morgan fingerprint density at radius 2 is 1.82 bits per heavy atom. The molecule has 7 nitrogen and oxygen atoms in total. The molecular weight excluding hydrogens is 442 g/mol. The first kappa shape index (κ1) is 21.2. The van der Waals surface area contributed by atoms with E-state index in [2.05, 4.69) is 20.2 Å². The normalized spacial score (nSPS) is 21.9. The van der Waals surface area contributed by atoms with Gasteiger partial charge in [-0.3, -0.25) is 4.79 Å². The van der Waals surface area contributed by atoms with Crippen LogP contribution in [0.2, 0.25) is 0 Å². The third-order valence-corrected chi connectivity index (χ3v) is 5.92. The fraction of sp³-hybridized carbons (Fsp3) is 0.318. The molecular formula is C22H17F4N5O2. The first-order valence-electron chi connectivity index (χ1n) is 10.3. The molecule has 5 rings (SSSR count). The highest BCUT2D eigenvalue weighted by molar-refractivity contribution is 6.00. The maximum atomic E-state index is 14.7. The summed E-state index contributed by atoms with van der Waals surface area (Å²) in [5, 5.41) is 6.70. The standard InChI is InChI=1S/C22H17F4N5O2/c23-14-4-1-3-13(19(14)20-27-7-2-8-28-20)21(32)31-11-12-9-15(31)16(10-12)33-18-6-5-17(29-30-18)22(24,25)26/h1-8,12,15-16H,9-11H2. The molecule has 2 aromatic heterocycles. The number of benzene rings is 1. The summed E-state index contributed by atoms with van der Waals surface area (Å²) in [5.74, 6) is -0.759. The Morgan fingerprint density at radius 3 is 2.48 bits per heavy atom. The number of likely N-dealkylation sites (tertiary alicyclic amines) is 1. The van der Waals surface area contributed by atoms with Gasteiger partial charge >= 0.3 is 6.18 Å². The van der Waals surface area contributed by atoms with Crippen LogP contribution >= 0.6 is 0 Å². The van der Waals surface area contributed by atoms with E-state index in [-0.39, 0.29) is 40.7 Å². The highest BCUT2D eigenvalue weighted by atomic mass is 19.4. The van der Waals surface area contributed by atoms with Crippen molar-refractivity contribution in [2.75, 3.05) is 6.54 Å². The number of fused-ring (bicyclic) bond motifs is 2. The molecule has 3 atom stereocenters. The summed E-state index contributed by atoms with van der Waals surface area (Å²) in [4.78, 5) is 23.2. The molecule has 3 aromatic rings. The zero-order valence-corrected chi connectivity index (χ0v) is 17.0. The summed E-state index contributed by atoms with van der Waals surface area (Å²) in [6.07, 6.45) is -0.798. The van der Waals surface area contributed by atoms with Gasteiger partial charge in [-0.1, -0.05) is 6.07 Å². The van der Waals surface area contributed by atoms with Crippen molar-refractivity contribution in [1.82, 2.24) is 25.1 Å². The number of nitrogens with zero attached hydrogens (tertiary/aromatic N) is 5. The summed E-state index contributed by atoms with van der Waals surface area (Å²) >= 11 is 0. The van der Waals surface area contributed by atoms with Crippen molar-refractivity contribution in [2.24, 2.45) is 5.92 Å². The van der Waals surface area contributed by atoms with Crippen LogP contribution in [0, 0.1) is 11.7 Å². The summed E-state index contributed by atoms with van der Waals surface area (Å²) in [6.45, 7) is 0.480. The third kappa shape index (κ3) is 3.98. The Morgan fingerprint density at radius 1 is 1.03 bits per heavy atom. The Labute approximate surface area is 185 Å². The molecule has 1 saturated carbocycles. The molecule has 1 aliphatic heterocycles. The maximum absolute atomic E-state index is 14.7. The number of carbonyl (C=O) groups is 1. The minimum absolute atomic E-state index is 0.0250. The number of rotatable bonds is 4. The molecule has 1 saturated heterocycles. The second kappa shape index (κ2) is 8.05. The Kier molecular flexibility index (Phi) is 5.18. The van der Waals surface area contributed by atoms with Crippen molar-refractivity contribution in [2.45, 2.75) is 31.2 Å². The summed E-state index contributed by atoms with van der Waals surface area (Å²) in [5.41, 5.74) is -0.944. The van der Waals surface area contributed by atoms with Crippen molar-refractivity contribution in [3.8, 4) is 17.3 Å². The number of ether oxygens (including phenoxy) is 1. The van der Waals surface area contributed by atoms with E-state index < -0.39 is 23.8 Å². The van der Waals surface area contributed by atoms with Gasteiger partial charge in [-0.15, -0.1) is 10.2 Å². The first-order valence-corrected chi connectivity index (χ1v) is 10.3. The summed E-state index contributed by atoms with van der Waals surface area (Å²) in [7, 11) is 0. The molecule has 11 heteroatoms. The van der Waals surface area contributed by atoms with E-state index in [0.717, 1.165) is 12.1 Å². The third-order valence-electron chi connectivity index (χ3n) is 5.92. The van der Waals surface area contributed by atoms with Crippen LogP contribution in [0.3, 0.4) is 0 Å². The zero-order valence-electron chi connectivity index (χ0n) is 17.0. The quantitative estimate of drug-likeness (QED) is 0.553. The Hall–Kier alpha value is -3.63. The fourth-order valence-corrected chi connectivity index (χ4v) is 4.53. The number of hydrogen-bond acceptors (Lipinski definition) is 6. The molecule has 2 fully saturated rings. The number of hydrogen-bond donors (Lipinski definition) is 0. The molecule has 2 bridgehead atoms. The molecule has 3 unspecified atom stereocenters. The van der Waals surface area contributed by atoms with Crippen LogP contribution in [0.25, 0.3) is 11.4 Å². The fourth-order valence-electron chi connectivity index (χ4n) is 4.53. The van der Waals surface area contributed by atoms with E-state index >= 15 is 0 Å². The Bertz CT molecular complexity index is 1170. The van der Waals surface area contributed by atoms with Gasteiger partial charge in [0.2, 0.25) is 5.88 Å². The lowest BCUT2D eigenvalue weighted by Gasteiger charge is -2.33. The van der Waals surface area contributed by atoms with Crippen LogP contribution < -0.4 is 4.74 Å². The molecule has 3 heterocycles. The highest BCUT2D eigenvalue weighted by Gasteiger charge is 2.49.